The van der Waals surface area contributed by atoms with Gasteiger partial charge in [-0.25, -0.2) is 4.79 Å². The Balaban J connectivity index is 1.45. The predicted molar refractivity (Wildman–Crippen MR) is 75.6 cm³/mol. The number of nitrogens with zero attached hydrogens (tertiary/aromatic N) is 3. The van der Waals surface area contributed by atoms with E-state index in [0.717, 1.165) is 36.8 Å². The summed E-state index contributed by atoms with van der Waals surface area (Å²) in [4.78, 5) is 11.9. The van der Waals surface area contributed by atoms with Gasteiger partial charge in [0.05, 0.1) is 12.8 Å². The minimum Gasteiger partial charge on any atom is -0.469 e. The van der Waals surface area contributed by atoms with E-state index in [-0.39, 0.29) is 12.1 Å². The Labute approximate surface area is 122 Å². The van der Waals surface area contributed by atoms with E-state index < -0.39 is 0 Å². The second-order valence-corrected chi connectivity index (χ2v) is 5.30. The zero-order valence-corrected chi connectivity index (χ0v) is 12.0. The summed E-state index contributed by atoms with van der Waals surface area (Å²) < 4.78 is 7.34. The molecule has 0 aromatic carbocycles. The molecule has 2 aromatic rings. The van der Waals surface area contributed by atoms with Crippen molar-refractivity contribution in [1.82, 2.24) is 25.4 Å². The second-order valence-electron chi connectivity index (χ2n) is 5.30. The van der Waals surface area contributed by atoms with Crippen LogP contribution in [0.3, 0.4) is 0 Å². The van der Waals surface area contributed by atoms with Gasteiger partial charge in [0.2, 0.25) is 0 Å². The van der Waals surface area contributed by atoms with Crippen molar-refractivity contribution in [3.8, 4) is 0 Å². The van der Waals surface area contributed by atoms with E-state index in [1.807, 2.05) is 19.1 Å². The third-order valence-electron chi connectivity index (χ3n) is 3.56. The number of furan rings is 1. The molecule has 21 heavy (non-hydrogen) atoms. The Kier molecular flexibility index (Phi) is 3.89. The fourth-order valence-corrected chi connectivity index (χ4v) is 2.56. The van der Waals surface area contributed by atoms with Crippen molar-refractivity contribution < 1.29 is 9.21 Å². The van der Waals surface area contributed by atoms with Crippen LogP contribution in [0.4, 0.5) is 4.79 Å². The number of fused-ring (bicyclic) bond motifs is 1. The Morgan fingerprint density at radius 1 is 1.52 bits per heavy atom. The first-order chi connectivity index (χ1) is 10.2. The predicted octanol–water partition coefficient (Wildman–Crippen LogP) is 1.25. The van der Waals surface area contributed by atoms with Crippen molar-refractivity contribution in [2.75, 3.05) is 0 Å². The van der Waals surface area contributed by atoms with Crippen LogP contribution in [0.1, 0.15) is 30.8 Å². The summed E-state index contributed by atoms with van der Waals surface area (Å²) in [6.45, 7) is 3.28. The smallest absolute Gasteiger partial charge is 0.315 e. The lowest BCUT2D eigenvalue weighted by molar-refractivity contribution is 0.236. The molecule has 0 saturated heterocycles. The van der Waals surface area contributed by atoms with Crippen LogP contribution in [0, 0.1) is 0 Å². The Morgan fingerprint density at radius 3 is 3.24 bits per heavy atom. The quantitative estimate of drug-likeness (QED) is 0.867. The Morgan fingerprint density at radius 2 is 2.43 bits per heavy atom. The van der Waals surface area contributed by atoms with Crippen LogP contribution in [0.15, 0.2) is 22.8 Å². The maximum Gasteiger partial charge on any atom is 0.315 e. The van der Waals surface area contributed by atoms with Crippen molar-refractivity contribution in [1.29, 1.82) is 0 Å². The molecular weight excluding hydrogens is 270 g/mol. The topological polar surface area (TPSA) is 85.0 Å². The summed E-state index contributed by atoms with van der Waals surface area (Å²) in [7, 11) is 0. The molecule has 0 radical (unpaired) electrons. The lowest BCUT2D eigenvalue weighted by Crippen LogP contribution is -2.41. The monoisotopic (exact) mass is 289 g/mol. The van der Waals surface area contributed by atoms with Crippen LogP contribution in [0.5, 0.6) is 0 Å². The van der Waals surface area contributed by atoms with Crippen LogP contribution in [-0.2, 0) is 25.9 Å². The first-order valence-corrected chi connectivity index (χ1v) is 7.20. The van der Waals surface area contributed by atoms with Crippen LogP contribution in [0.25, 0.3) is 0 Å². The molecule has 7 heteroatoms. The lowest BCUT2D eigenvalue weighted by Gasteiger charge is -2.13. The molecule has 1 unspecified atom stereocenters. The standard InChI is InChI=1S/C14H19N5O2/c1-10(8-11-4-3-7-21-11)16-14(20)15-9-13-18-17-12-5-2-6-19(12)13/h3-4,7,10H,2,5-6,8-9H2,1H3,(H2,15,16,20). The molecule has 0 spiro atoms. The lowest BCUT2D eigenvalue weighted by atomic mass is 10.2. The minimum atomic E-state index is -0.204. The van der Waals surface area contributed by atoms with Gasteiger partial charge in [-0.2, -0.15) is 0 Å². The third-order valence-corrected chi connectivity index (χ3v) is 3.56. The van der Waals surface area contributed by atoms with Crippen LogP contribution in [0.2, 0.25) is 0 Å². The summed E-state index contributed by atoms with van der Waals surface area (Å²) in [5.41, 5.74) is 0. The van der Waals surface area contributed by atoms with Crippen molar-refractivity contribution in [3.63, 3.8) is 0 Å². The first kappa shape index (κ1) is 13.7. The molecule has 0 aliphatic carbocycles. The van der Waals surface area contributed by atoms with E-state index in [1.165, 1.54) is 0 Å². The van der Waals surface area contributed by atoms with Gasteiger partial charge in [0.1, 0.15) is 11.6 Å². The normalized spacial score (nSPS) is 14.7. The van der Waals surface area contributed by atoms with Gasteiger partial charge in [-0.1, -0.05) is 0 Å². The number of amides is 2. The molecule has 2 aromatic heterocycles. The summed E-state index contributed by atoms with van der Waals surface area (Å²) in [6, 6.07) is 3.54. The highest BCUT2D eigenvalue weighted by atomic mass is 16.3. The highest BCUT2D eigenvalue weighted by Crippen LogP contribution is 2.13. The van der Waals surface area contributed by atoms with E-state index >= 15 is 0 Å². The van der Waals surface area contributed by atoms with Crippen LogP contribution in [-0.4, -0.2) is 26.8 Å². The fraction of sp³-hybridized carbons (Fsp3) is 0.500. The van der Waals surface area contributed by atoms with Crippen molar-refractivity contribution in [2.24, 2.45) is 0 Å². The van der Waals surface area contributed by atoms with E-state index in [4.69, 9.17) is 4.42 Å². The molecule has 112 valence electrons. The maximum atomic E-state index is 11.9. The van der Waals surface area contributed by atoms with E-state index in [0.29, 0.717) is 13.0 Å². The summed E-state index contributed by atoms with van der Waals surface area (Å²) >= 11 is 0. The summed E-state index contributed by atoms with van der Waals surface area (Å²) in [6.07, 6.45) is 4.37. The summed E-state index contributed by atoms with van der Waals surface area (Å²) in [5.74, 6) is 2.69. The molecule has 2 amide bonds. The molecule has 7 nitrogen and oxygen atoms in total. The van der Waals surface area contributed by atoms with E-state index in [9.17, 15) is 4.79 Å². The number of aryl methyl sites for hydroxylation is 1. The molecule has 3 heterocycles. The minimum absolute atomic E-state index is 0.000245. The molecule has 1 atom stereocenters. The third kappa shape index (κ3) is 3.24. The van der Waals surface area contributed by atoms with Gasteiger partial charge in [0.25, 0.3) is 0 Å². The van der Waals surface area contributed by atoms with Gasteiger partial charge < -0.3 is 19.6 Å². The van der Waals surface area contributed by atoms with Gasteiger partial charge in [-0.05, 0) is 25.5 Å². The SMILES string of the molecule is CC(Cc1ccco1)NC(=O)NCc1nnc2n1CCC2. The molecule has 2 N–H and O–H groups in total. The number of urea groups is 1. The number of nitrogens with one attached hydrogen (secondary N) is 2. The van der Waals surface area contributed by atoms with Gasteiger partial charge in [-0.15, -0.1) is 10.2 Å². The molecule has 3 rings (SSSR count). The average Bonchev–Trinajstić information content (AvgIpc) is 3.13. The van der Waals surface area contributed by atoms with Gasteiger partial charge in [-0.3, -0.25) is 0 Å². The van der Waals surface area contributed by atoms with Gasteiger partial charge in [0.15, 0.2) is 5.82 Å². The van der Waals surface area contributed by atoms with Gasteiger partial charge >= 0.3 is 6.03 Å². The van der Waals surface area contributed by atoms with E-state index in [1.54, 1.807) is 6.26 Å². The molecule has 1 aliphatic rings. The number of hydrogen-bond acceptors (Lipinski definition) is 4. The zero-order chi connectivity index (χ0) is 14.7. The maximum absolute atomic E-state index is 11.9. The number of hydrogen-bond donors (Lipinski definition) is 2. The summed E-state index contributed by atoms with van der Waals surface area (Å²) in [5, 5.41) is 13.9. The van der Waals surface area contributed by atoms with Crippen LogP contribution >= 0.6 is 0 Å². The number of carbonyl (C=O) groups is 1. The number of carbonyl (C=O) groups excluding carboxylic acids is 1. The average molecular weight is 289 g/mol. The highest BCUT2D eigenvalue weighted by molar-refractivity contribution is 5.74. The number of rotatable bonds is 5. The Hall–Kier alpha value is -2.31. The molecule has 0 saturated carbocycles. The first-order valence-electron chi connectivity index (χ1n) is 7.20. The highest BCUT2D eigenvalue weighted by Gasteiger charge is 2.17. The number of aromatic nitrogens is 3. The molecular formula is C14H19N5O2. The second kappa shape index (κ2) is 5.99. The molecule has 1 aliphatic heterocycles. The van der Waals surface area contributed by atoms with E-state index in [2.05, 4.69) is 25.4 Å². The fourth-order valence-electron chi connectivity index (χ4n) is 2.56. The van der Waals surface area contributed by atoms with Crippen molar-refractivity contribution >= 4 is 6.03 Å². The molecule has 0 bridgehead atoms. The largest absolute Gasteiger partial charge is 0.469 e. The van der Waals surface area contributed by atoms with Crippen molar-refractivity contribution in [2.45, 2.75) is 45.3 Å². The zero-order valence-electron chi connectivity index (χ0n) is 12.0. The van der Waals surface area contributed by atoms with Crippen molar-refractivity contribution in [3.05, 3.63) is 35.8 Å². The van der Waals surface area contributed by atoms with Gasteiger partial charge in [0, 0.05) is 25.4 Å². The van der Waals surface area contributed by atoms with Crippen LogP contribution < -0.4 is 10.6 Å². The molecule has 0 fully saturated rings. The Bertz CT molecular complexity index is 605.